The van der Waals surface area contributed by atoms with E-state index < -0.39 is 46.8 Å². The molecule has 0 amide bonds. The first-order chi connectivity index (χ1) is 16.3. The lowest BCUT2D eigenvalue weighted by atomic mass is 9.99. The van der Waals surface area contributed by atoms with Crippen LogP contribution in [0.3, 0.4) is 0 Å². The highest BCUT2D eigenvalue weighted by molar-refractivity contribution is 7.89. The smallest absolute Gasteiger partial charge is 0.335 e. The number of hydrogen-bond donors (Lipinski definition) is 1. The number of nitrogens with two attached hydrogens (primary N) is 1. The Balaban J connectivity index is 1.88. The lowest BCUT2D eigenvalue weighted by Gasteiger charge is -2.25. The highest BCUT2D eigenvalue weighted by Gasteiger charge is 2.57. The normalized spacial score (nSPS) is 12.5. The van der Waals surface area contributed by atoms with Gasteiger partial charge in [-0.3, -0.25) is 0 Å². The van der Waals surface area contributed by atoms with Gasteiger partial charge in [0.15, 0.2) is 12.4 Å². The average Bonchev–Trinajstić information content (AvgIpc) is 3.21. The van der Waals surface area contributed by atoms with E-state index in [1.807, 2.05) is 0 Å². The van der Waals surface area contributed by atoms with Crippen LogP contribution in [0.4, 0.5) is 17.6 Å². The fraction of sp³-hybridized carbons (Fsp3) is 0.250. The van der Waals surface area contributed by atoms with Crippen molar-refractivity contribution in [1.82, 2.24) is 5.16 Å². The van der Waals surface area contributed by atoms with Crippen LogP contribution < -0.4 is 5.14 Å². The Hall–Kier alpha value is -3.56. The fourth-order valence-corrected chi connectivity index (χ4v) is 3.46. The van der Waals surface area contributed by atoms with Crippen LogP contribution in [0.2, 0.25) is 0 Å². The van der Waals surface area contributed by atoms with Crippen molar-refractivity contribution in [2.75, 3.05) is 13.2 Å². The van der Waals surface area contributed by atoms with E-state index in [4.69, 9.17) is 14.4 Å². The van der Waals surface area contributed by atoms with Crippen LogP contribution in [-0.4, -0.2) is 43.7 Å². The number of aromatic nitrogens is 1. The van der Waals surface area contributed by atoms with Crippen molar-refractivity contribution in [2.24, 2.45) is 5.14 Å². The van der Waals surface area contributed by atoms with Gasteiger partial charge in [-0.1, -0.05) is 47.6 Å². The van der Waals surface area contributed by atoms with Crippen LogP contribution in [0.5, 0.6) is 0 Å². The zero-order valence-corrected chi connectivity index (χ0v) is 18.4. The van der Waals surface area contributed by atoms with Crippen LogP contribution in [0, 0.1) is 10.1 Å². The SMILES string of the molecule is NS(=O)(=O)c1ccc(-c2c(-c3ccccc3)noc2COCC(F)(F)C(F)(F)CO[N+](=O)[O-])cc1. The highest BCUT2D eigenvalue weighted by Crippen LogP contribution is 2.37. The molecule has 1 aromatic heterocycles. The quantitative estimate of drug-likeness (QED) is 0.229. The van der Waals surface area contributed by atoms with Gasteiger partial charge in [0.2, 0.25) is 10.0 Å². The summed E-state index contributed by atoms with van der Waals surface area (Å²) >= 11 is 0. The lowest BCUT2D eigenvalue weighted by Crippen LogP contribution is -2.47. The number of halogens is 4. The Morgan fingerprint density at radius 2 is 1.57 bits per heavy atom. The third-order valence-corrected chi connectivity index (χ3v) is 5.61. The first kappa shape index (κ1) is 26.1. The molecule has 0 aliphatic heterocycles. The molecule has 0 saturated carbocycles. The molecule has 0 spiro atoms. The van der Waals surface area contributed by atoms with Gasteiger partial charge in [-0.15, -0.1) is 10.1 Å². The molecule has 35 heavy (non-hydrogen) atoms. The summed E-state index contributed by atoms with van der Waals surface area (Å²) in [5.74, 6) is -9.81. The van der Waals surface area contributed by atoms with E-state index in [-0.39, 0.29) is 21.9 Å². The van der Waals surface area contributed by atoms with Gasteiger partial charge < -0.3 is 14.1 Å². The summed E-state index contributed by atoms with van der Waals surface area (Å²) in [6.45, 7) is -4.70. The molecule has 0 radical (unpaired) electrons. The van der Waals surface area contributed by atoms with E-state index in [9.17, 15) is 36.1 Å². The Bertz CT molecular complexity index is 1280. The van der Waals surface area contributed by atoms with Gasteiger partial charge in [0.05, 0.1) is 10.5 Å². The Kier molecular flexibility index (Phi) is 7.42. The molecule has 0 aliphatic rings. The first-order valence-electron chi connectivity index (χ1n) is 9.60. The Labute approximate surface area is 195 Å². The summed E-state index contributed by atoms with van der Waals surface area (Å²) in [4.78, 5) is 13.2. The Morgan fingerprint density at radius 1 is 0.971 bits per heavy atom. The van der Waals surface area contributed by atoms with Gasteiger partial charge >= 0.3 is 11.8 Å². The number of ether oxygens (including phenoxy) is 1. The maximum absolute atomic E-state index is 13.9. The van der Waals surface area contributed by atoms with Crippen LogP contribution in [-0.2, 0) is 26.2 Å². The average molecular weight is 519 g/mol. The number of alkyl halides is 4. The van der Waals surface area contributed by atoms with Gasteiger partial charge in [-0.05, 0) is 17.7 Å². The molecule has 15 heteroatoms. The minimum absolute atomic E-state index is 0.118. The summed E-state index contributed by atoms with van der Waals surface area (Å²) < 4.78 is 88.1. The third kappa shape index (κ3) is 6.12. The molecular formula is C20H17F4N3O7S. The molecule has 2 aromatic carbocycles. The van der Waals surface area contributed by atoms with Crippen molar-refractivity contribution in [2.45, 2.75) is 23.3 Å². The van der Waals surface area contributed by atoms with E-state index in [0.29, 0.717) is 11.1 Å². The monoisotopic (exact) mass is 519 g/mol. The zero-order valence-electron chi connectivity index (χ0n) is 17.6. The largest absolute Gasteiger partial charge is 0.367 e. The number of nitrogens with zero attached hydrogens (tertiary/aromatic N) is 2. The van der Waals surface area contributed by atoms with Gasteiger partial charge in [0.1, 0.15) is 18.9 Å². The van der Waals surface area contributed by atoms with Gasteiger partial charge in [0.25, 0.3) is 5.09 Å². The summed E-state index contributed by atoms with van der Waals surface area (Å²) in [7, 11) is -3.99. The summed E-state index contributed by atoms with van der Waals surface area (Å²) in [6, 6.07) is 13.7. The van der Waals surface area contributed by atoms with Crippen molar-refractivity contribution < 1.29 is 45.2 Å². The highest BCUT2D eigenvalue weighted by atomic mass is 32.2. The van der Waals surface area contributed by atoms with Crippen LogP contribution in [0.15, 0.2) is 64.0 Å². The molecule has 1 heterocycles. The predicted molar refractivity (Wildman–Crippen MR) is 111 cm³/mol. The molecule has 0 bridgehead atoms. The van der Waals surface area contributed by atoms with Gasteiger partial charge in [0, 0.05) is 5.56 Å². The van der Waals surface area contributed by atoms with Crippen LogP contribution in [0.1, 0.15) is 5.76 Å². The van der Waals surface area contributed by atoms with Crippen LogP contribution in [0.25, 0.3) is 22.4 Å². The zero-order chi connectivity index (χ0) is 25.9. The molecule has 3 rings (SSSR count). The van der Waals surface area contributed by atoms with E-state index in [1.54, 1.807) is 30.3 Å². The minimum Gasteiger partial charge on any atom is -0.367 e. The molecule has 2 N–H and O–H groups in total. The van der Waals surface area contributed by atoms with E-state index in [2.05, 4.69) is 9.99 Å². The molecule has 188 valence electrons. The molecule has 0 atom stereocenters. The number of primary sulfonamides is 1. The van der Waals surface area contributed by atoms with E-state index in [1.165, 1.54) is 24.3 Å². The van der Waals surface area contributed by atoms with Crippen LogP contribution >= 0.6 is 0 Å². The van der Waals surface area contributed by atoms with Crippen molar-refractivity contribution in [3.63, 3.8) is 0 Å². The number of sulfonamides is 1. The molecule has 0 fully saturated rings. The lowest BCUT2D eigenvalue weighted by molar-refractivity contribution is -0.762. The second kappa shape index (κ2) is 9.97. The summed E-state index contributed by atoms with van der Waals surface area (Å²) in [5.41, 5.74) is 1.40. The maximum atomic E-state index is 13.9. The van der Waals surface area contributed by atoms with Crippen molar-refractivity contribution in [1.29, 1.82) is 0 Å². The van der Waals surface area contributed by atoms with Crippen molar-refractivity contribution in [3.8, 4) is 22.4 Å². The number of hydrogen-bond acceptors (Lipinski definition) is 8. The summed E-state index contributed by atoms with van der Waals surface area (Å²) in [5, 5.41) is 17.5. The second-order valence-corrected chi connectivity index (χ2v) is 8.72. The maximum Gasteiger partial charge on any atom is 0.335 e. The number of benzene rings is 2. The van der Waals surface area contributed by atoms with E-state index >= 15 is 0 Å². The predicted octanol–water partition coefficient (Wildman–Crippen LogP) is 3.65. The molecule has 10 nitrogen and oxygen atoms in total. The Morgan fingerprint density at radius 3 is 2.14 bits per heavy atom. The van der Waals surface area contributed by atoms with Gasteiger partial charge in [-0.2, -0.15) is 17.6 Å². The second-order valence-electron chi connectivity index (χ2n) is 7.16. The minimum atomic E-state index is -4.89. The standard InChI is InChI=1S/C20H17F4N3O7S/c21-19(22,20(23,24)12-33-27(28)29)11-32-10-16-17(13-6-8-15(9-7-13)35(25,30)31)18(26-34-16)14-4-2-1-3-5-14/h1-9H,10-12H2,(H2,25,30,31). The topological polar surface area (TPSA) is 148 Å². The van der Waals surface area contributed by atoms with Crippen molar-refractivity contribution >= 4 is 10.0 Å². The molecular weight excluding hydrogens is 502 g/mol. The fourth-order valence-electron chi connectivity index (χ4n) is 2.94. The molecule has 0 aliphatic carbocycles. The molecule has 0 unspecified atom stereocenters. The third-order valence-electron chi connectivity index (χ3n) is 4.68. The van der Waals surface area contributed by atoms with Crippen molar-refractivity contribution in [3.05, 3.63) is 70.5 Å². The molecule has 3 aromatic rings. The number of rotatable bonds is 11. The molecule has 0 saturated heterocycles. The first-order valence-corrected chi connectivity index (χ1v) is 11.1. The summed E-state index contributed by atoms with van der Waals surface area (Å²) in [6.07, 6.45) is 0. The van der Waals surface area contributed by atoms with Gasteiger partial charge in [-0.25, -0.2) is 13.6 Å². The van der Waals surface area contributed by atoms with E-state index in [0.717, 1.165) is 0 Å².